The van der Waals surface area contributed by atoms with Crippen LogP contribution in [0, 0.1) is 0 Å². The van der Waals surface area contributed by atoms with E-state index in [1.165, 1.54) is 37.5 Å². The van der Waals surface area contributed by atoms with Gasteiger partial charge >= 0.3 is 5.97 Å². The number of carbonyl (C=O) groups is 1. The second kappa shape index (κ2) is 8.14. The third-order valence-corrected chi connectivity index (χ3v) is 4.61. The minimum atomic E-state index is -0.0870. The fraction of sp³-hybridized carbons (Fsp3) is 0.526. The molecule has 0 aliphatic carbocycles. The second-order valence-corrected chi connectivity index (χ2v) is 6.48. The number of esters is 1. The average Bonchev–Trinajstić information content (AvgIpc) is 2.55. The Bertz CT molecular complexity index is 501. The van der Waals surface area contributed by atoms with Crippen molar-refractivity contribution in [2.24, 2.45) is 0 Å². The van der Waals surface area contributed by atoms with Gasteiger partial charge in [0.2, 0.25) is 0 Å². The topological polar surface area (TPSA) is 26.3 Å². The van der Waals surface area contributed by atoms with Crippen molar-refractivity contribution in [3.8, 4) is 0 Å². The predicted octanol–water partition coefficient (Wildman–Crippen LogP) is 3.35. The van der Waals surface area contributed by atoms with Crippen molar-refractivity contribution in [2.45, 2.75) is 32.6 Å². The molecule has 0 aromatic heterocycles. The molecule has 3 heteroatoms. The molecule has 1 saturated heterocycles. The first-order valence-electron chi connectivity index (χ1n) is 8.25. The Morgan fingerprint density at radius 1 is 1.18 bits per heavy atom. The third kappa shape index (κ3) is 4.99. The summed E-state index contributed by atoms with van der Waals surface area (Å²) in [5.74, 6) is -0.0870. The molecule has 0 unspecified atom stereocenters. The number of methoxy groups -OCH3 is 1. The van der Waals surface area contributed by atoms with Crippen molar-refractivity contribution in [3.63, 3.8) is 0 Å². The lowest BCUT2D eigenvalue weighted by Gasteiger charge is -2.40. The highest BCUT2D eigenvalue weighted by molar-refractivity contribution is 5.70. The first-order chi connectivity index (χ1) is 10.6. The van der Waals surface area contributed by atoms with E-state index in [1.54, 1.807) is 0 Å². The van der Waals surface area contributed by atoms with Crippen LogP contribution in [0.5, 0.6) is 0 Å². The Balaban J connectivity index is 2.00. The van der Waals surface area contributed by atoms with Crippen molar-refractivity contribution < 1.29 is 14.0 Å². The summed E-state index contributed by atoms with van der Waals surface area (Å²) in [5, 5.41) is 0. The van der Waals surface area contributed by atoms with Crippen LogP contribution in [0.25, 0.3) is 0 Å². The van der Waals surface area contributed by atoms with Crippen molar-refractivity contribution >= 4 is 5.97 Å². The summed E-state index contributed by atoms with van der Waals surface area (Å²) in [5.41, 5.74) is 2.72. The number of piperidine rings is 1. The zero-order valence-corrected chi connectivity index (χ0v) is 13.9. The molecule has 0 amide bonds. The standard InChI is InChI=1S/C19H28NO2/c1-17(15-18-9-5-3-6-10-18)11-14-20(16-19(21)22-2)12-7-4-8-13-20/h3,5-6,9-11H,4,7-8,12-16H2,1-2H3/q+1/b17-11-. The number of rotatable bonds is 6. The van der Waals surface area contributed by atoms with Gasteiger partial charge < -0.3 is 9.22 Å². The van der Waals surface area contributed by atoms with Crippen LogP contribution in [-0.2, 0) is 16.0 Å². The second-order valence-electron chi connectivity index (χ2n) is 6.48. The molecule has 1 aromatic rings. The highest BCUT2D eigenvalue weighted by atomic mass is 16.5. The summed E-state index contributed by atoms with van der Waals surface area (Å²) >= 11 is 0. The van der Waals surface area contributed by atoms with Crippen molar-refractivity contribution in [1.29, 1.82) is 0 Å². The largest absolute Gasteiger partial charge is 0.465 e. The normalized spacial score (nSPS) is 18.0. The molecule has 0 N–H and O–H groups in total. The molecular weight excluding hydrogens is 274 g/mol. The first-order valence-corrected chi connectivity index (χ1v) is 8.25. The number of carbonyl (C=O) groups excluding carboxylic acids is 1. The van der Waals surface area contributed by atoms with E-state index in [1.807, 2.05) is 6.07 Å². The molecule has 0 bridgehead atoms. The van der Waals surface area contributed by atoms with Crippen LogP contribution >= 0.6 is 0 Å². The summed E-state index contributed by atoms with van der Waals surface area (Å²) in [4.78, 5) is 11.8. The van der Waals surface area contributed by atoms with Crippen LogP contribution in [0.15, 0.2) is 42.0 Å². The molecule has 0 radical (unpaired) electrons. The molecule has 1 aliphatic rings. The molecule has 0 spiro atoms. The van der Waals surface area contributed by atoms with E-state index in [9.17, 15) is 4.79 Å². The highest BCUT2D eigenvalue weighted by Gasteiger charge is 2.31. The number of hydrogen-bond donors (Lipinski definition) is 0. The Hall–Kier alpha value is -1.61. The van der Waals surface area contributed by atoms with Gasteiger partial charge in [-0.1, -0.05) is 35.9 Å². The molecule has 0 atom stereocenters. The van der Waals surface area contributed by atoms with Gasteiger partial charge in [0.05, 0.1) is 26.7 Å². The quantitative estimate of drug-likeness (QED) is 0.457. The van der Waals surface area contributed by atoms with Crippen LogP contribution < -0.4 is 0 Å². The zero-order chi connectivity index (χ0) is 15.8. The van der Waals surface area contributed by atoms with Gasteiger partial charge in [-0.15, -0.1) is 0 Å². The van der Waals surface area contributed by atoms with Crippen LogP contribution in [0.1, 0.15) is 31.7 Å². The lowest BCUT2D eigenvalue weighted by Crippen LogP contribution is -2.54. The summed E-state index contributed by atoms with van der Waals surface area (Å²) in [6, 6.07) is 10.5. The van der Waals surface area contributed by atoms with Crippen molar-refractivity contribution in [1.82, 2.24) is 0 Å². The van der Waals surface area contributed by atoms with Crippen LogP contribution in [-0.4, -0.2) is 43.7 Å². The van der Waals surface area contributed by atoms with Gasteiger partial charge in [-0.3, -0.25) is 0 Å². The van der Waals surface area contributed by atoms with E-state index < -0.39 is 0 Å². The minimum Gasteiger partial charge on any atom is -0.465 e. The lowest BCUT2D eigenvalue weighted by atomic mass is 10.0. The van der Waals surface area contributed by atoms with Gasteiger partial charge in [-0.05, 0) is 44.2 Å². The molecule has 22 heavy (non-hydrogen) atoms. The SMILES string of the molecule is COC(=O)C[N+]1(C/C=C(/C)Cc2ccccc2)CCCCC1. The van der Waals surface area contributed by atoms with Crippen molar-refractivity contribution in [3.05, 3.63) is 47.5 Å². The highest BCUT2D eigenvalue weighted by Crippen LogP contribution is 2.20. The molecule has 120 valence electrons. The smallest absolute Gasteiger partial charge is 0.361 e. The predicted molar refractivity (Wildman–Crippen MR) is 89.5 cm³/mol. The summed E-state index contributed by atoms with van der Waals surface area (Å²) < 4.78 is 5.77. The monoisotopic (exact) mass is 302 g/mol. The minimum absolute atomic E-state index is 0.0870. The van der Waals surface area contributed by atoms with E-state index in [4.69, 9.17) is 4.74 Å². The van der Waals surface area contributed by atoms with E-state index in [0.717, 1.165) is 30.5 Å². The Labute approximate surface area is 134 Å². The number of ether oxygens (including phenoxy) is 1. The van der Waals surface area contributed by atoms with Crippen LogP contribution in [0.3, 0.4) is 0 Å². The molecule has 1 heterocycles. The number of nitrogens with zero attached hydrogens (tertiary/aromatic N) is 1. The van der Waals surface area contributed by atoms with Gasteiger partial charge in [-0.25, -0.2) is 4.79 Å². The maximum absolute atomic E-state index is 11.8. The maximum atomic E-state index is 11.8. The summed E-state index contributed by atoms with van der Waals surface area (Å²) in [6.45, 7) is 5.80. The number of allylic oxidation sites excluding steroid dienone is 1. The summed E-state index contributed by atoms with van der Waals surface area (Å²) in [7, 11) is 1.49. The fourth-order valence-corrected chi connectivity index (χ4v) is 3.27. The number of quaternary nitrogens is 1. The van der Waals surface area contributed by atoms with Gasteiger partial charge in [0.1, 0.15) is 0 Å². The summed E-state index contributed by atoms with van der Waals surface area (Å²) in [6.07, 6.45) is 7.01. The molecule has 1 fully saturated rings. The van der Waals surface area contributed by atoms with Crippen molar-refractivity contribution in [2.75, 3.05) is 33.3 Å². The fourth-order valence-electron chi connectivity index (χ4n) is 3.27. The average molecular weight is 302 g/mol. The number of benzene rings is 1. The first kappa shape index (κ1) is 16.8. The van der Waals surface area contributed by atoms with Crippen LogP contribution in [0.4, 0.5) is 0 Å². The molecule has 3 nitrogen and oxygen atoms in total. The van der Waals surface area contributed by atoms with Gasteiger partial charge in [0.25, 0.3) is 0 Å². The third-order valence-electron chi connectivity index (χ3n) is 4.61. The van der Waals surface area contributed by atoms with E-state index in [-0.39, 0.29) is 5.97 Å². The lowest BCUT2D eigenvalue weighted by molar-refractivity contribution is -0.920. The van der Waals surface area contributed by atoms with Crippen LogP contribution in [0.2, 0.25) is 0 Å². The molecule has 0 saturated carbocycles. The molecule has 1 aliphatic heterocycles. The Morgan fingerprint density at radius 2 is 1.86 bits per heavy atom. The van der Waals surface area contributed by atoms with E-state index in [0.29, 0.717) is 6.54 Å². The van der Waals surface area contributed by atoms with Gasteiger partial charge in [-0.2, -0.15) is 0 Å². The number of hydrogen-bond acceptors (Lipinski definition) is 2. The molecule has 2 rings (SSSR count). The van der Waals surface area contributed by atoms with Gasteiger partial charge in [0, 0.05) is 0 Å². The van der Waals surface area contributed by atoms with E-state index >= 15 is 0 Å². The maximum Gasteiger partial charge on any atom is 0.361 e. The van der Waals surface area contributed by atoms with E-state index in [2.05, 4.69) is 37.3 Å². The zero-order valence-electron chi connectivity index (χ0n) is 13.9. The van der Waals surface area contributed by atoms with Gasteiger partial charge in [0.15, 0.2) is 6.54 Å². The Kier molecular flexibility index (Phi) is 6.20. The molecular formula is C19H28NO2+. The number of likely N-dealkylation sites (tertiary alicyclic amines) is 1. The Morgan fingerprint density at radius 3 is 2.50 bits per heavy atom. The molecule has 1 aromatic carbocycles.